The first-order chi connectivity index (χ1) is 11.8. The van der Waals surface area contributed by atoms with E-state index in [2.05, 4.69) is 20.2 Å². The third-order valence-electron chi connectivity index (χ3n) is 3.85. The molecule has 1 saturated heterocycles. The number of hydrogen-bond donors (Lipinski definition) is 0. The average molecular weight is 362 g/mol. The fourth-order valence-corrected chi connectivity index (χ4v) is 3.53. The van der Waals surface area contributed by atoms with E-state index >= 15 is 0 Å². The Hall–Kier alpha value is -1.80. The number of aromatic nitrogens is 4. The maximum atomic E-state index is 6.17. The molecule has 6 nitrogen and oxygen atoms in total. The molecule has 124 valence electrons. The molecule has 1 fully saturated rings. The molecule has 0 unspecified atom stereocenters. The van der Waals surface area contributed by atoms with Crippen molar-refractivity contribution in [1.82, 2.24) is 24.7 Å². The van der Waals surface area contributed by atoms with Gasteiger partial charge >= 0.3 is 0 Å². The van der Waals surface area contributed by atoms with Crippen LogP contribution in [0.3, 0.4) is 0 Å². The summed E-state index contributed by atoms with van der Waals surface area (Å²) in [5.74, 6) is 0.862. The lowest BCUT2D eigenvalue weighted by Crippen LogP contribution is -2.36. The van der Waals surface area contributed by atoms with Crippen molar-refractivity contribution in [1.29, 1.82) is 0 Å². The molecule has 0 aliphatic carbocycles. The van der Waals surface area contributed by atoms with Gasteiger partial charge in [0.15, 0.2) is 5.82 Å². The van der Waals surface area contributed by atoms with Crippen LogP contribution in [0.4, 0.5) is 0 Å². The van der Waals surface area contributed by atoms with Gasteiger partial charge in [-0.15, -0.1) is 10.2 Å². The zero-order valence-electron chi connectivity index (χ0n) is 12.9. The number of halogens is 1. The van der Waals surface area contributed by atoms with Crippen LogP contribution in [-0.4, -0.2) is 51.0 Å². The van der Waals surface area contributed by atoms with E-state index in [1.807, 2.05) is 40.9 Å². The maximum Gasteiger partial charge on any atom is 0.235 e. The summed E-state index contributed by atoms with van der Waals surface area (Å²) in [7, 11) is 0. The number of morpholine rings is 1. The molecule has 0 saturated carbocycles. The summed E-state index contributed by atoms with van der Waals surface area (Å²) >= 11 is 7.68. The van der Waals surface area contributed by atoms with Gasteiger partial charge in [0.25, 0.3) is 0 Å². The lowest BCUT2D eigenvalue weighted by molar-refractivity contribution is 0.0328. The van der Waals surface area contributed by atoms with E-state index in [1.165, 1.54) is 11.3 Å². The molecule has 3 aromatic rings. The smallest absolute Gasteiger partial charge is 0.235 e. The minimum Gasteiger partial charge on any atom is -0.379 e. The normalized spacial score (nSPS) is 16.4. The van der Waals surface area contributed by atoms with Crippen LogP contribution in [0.25, 0.3) is 17.1 Å². The number of nitrogens with zero attached hydrogens (tertiary/aromatic N) is 5. The van der Waals surface area contributed by atoms with Gasteiger partial charge < -0.3 is 4.74 Å². The van der Waals surface area contributed by atoms with Crippen LogP contribution < -0.4 is 0 Å². The summed E-state index contributed by atoms with van der Waals surface area (Å²) in [6.45, 7) is 4.11. The van der Waals surface area contributed by atoms with Crippen LogP contribution in [0, 0.1) is 0 Å². The molecule has 1 aromatic carbocycles. The first kappa shape index (κ1) is 15.7. The number of rotatable bonds is 4. The molecule has 2 aromatic heterocycles. The standard InChI is InChI=1S/C16H16ClN5OS/c17-13-4-2-1-3-12(13)5-6-15-20-22-14(18-19-16(22)24-15)11-21-7-9-23-10-8-21/h1-6H,7-11H2/b6-5+. The zero-order chi connectivity index (χ0) is 16.4. The second-order valence-electron chi connectivity index (χ2n) is 5.49. The van der Waals surface area contributed by atoms with E-state index in [-0.39, 0.29) is 0 Å². The van der Waals surface area contributed by atoms with Crippen molar-refractivity contribution in [2.45, 2.75) is 6.54 Å². The Morgan fingerprint density at radius 2 is 2.00 bits per heavy atom. The van der Waals surface area contributed by atoms with Crippen LogP contribution in [0.5, 0.6) is 0 Å². The lowest BCUT2D eigenvalue weighted by Gasteiger charge is -2.25. The Bertz CT molecular complexity index is 868. The molecule has 1 aliphatic heterocycles. The van der Waals surface area contributed by atoms with Gasteiger partial charge in [-0.3, -0.25) is 4.90 Å². The van der Waals surface area contributed by atoms with Gasteiger partial charge in [0.05, 0.1) is 19.8 Å². The van der Waals surface area contributed by atoms with Crippen LogP contribution in [0.2, 0.25) is 5.02 Å². The highest BCUT2D eigenvalue weighted by atomic mass is 35.5. The summed E-state index contributed by atoms with van der Waals surface area (Å²) < 4.78 is 7.20. The van der Waals surface area contributed by atoms with Gasteiger partial charge in [-0.2, -0.15) is 9.61 Å². The molecular formula is C16H16ClN5OS. The predicted octanol–water partition coefficient (Wildman–Crippen LogP) is 2.84. The number of hydrogen-bond acceptors (Lipinski definition) is 6. The highest BCUT2D eigenvalue weighted by molar-refractivity contribution is 7.17. The Morgan fingerprint density at radius 3 is 2.83 bits per heavy atom. The summed E-state index contributed by atoms with van der Waals surface area (Å²) in [6, 6.07) is 7.73. The van der Waals surface area contributed by atoms with Gasteiger partial charge in [0, 0.05) is 18.1 Å². The van der Waals surface area contributed by atoms with Crippen molar-refractivity contribution < 1.29 is 4.74 Å². The fourth-order valence-electron chi connectivity index (χ4n) is 2.57. The summed E-state index contributed by atoms with van der Waals surface area (Å²) in [6.07, 6.45) is 3.93. The van der Waals surface area contributed by atoms with Crippen molar-refractivity contribution in [3.63, 3.8) is 0 Å². The maximum absolute atomic E-state index is 6.17. The molecule has 4 rings (SSSR count). The fraction of sp³-hybridized carbons (Fsp3) is 0.312. The molecule has 0 amide bonds. The highest BCUT2D eigenvalue weighted by Crippen LogP contribution is 2.20. The second-order valence-corrected chi connectivity index (χ2v) is 6.89. The molecule has 0 bridgehead atoms. The number of ether oxygens (including phenoxy) is 1. The van der Waals surface area contributed by atoms with Crippen molar-refractivity contribution in [2.75, 3.05) is 26.3 Å². The molecule has 0 atom stereocenters. The highest BCUT2D eigenvalue weighted by Gasteiger charge is 2.16. The van der Waals surface area contributed by atoms with Crippen LogP contribution >= 0.6 is 22.9 Å². The Labute approximate surface area is 148 Å². The van der Waals surface area contributed by atoms with Gasteiger partial charge in [-0.25, -0.2) is 0 Å². The molecule has 24 heavy (non-hydrogen) atoms. The second kappa shape index (κ2) is 6.98. The molecule has 0 radical (unpaired) electrons. The zero-order valence-corrected chi connectivity index (χ0v) is 14.5. The number of fused-ring (bicyclic) bond motifs is 1. The SMILES string of the molecule is Clc1ccccc1/C=C/c1nn2c(CN3CCOCC3)nnc2s1. The quantitative estimate of drug-likeness (QED) is 0.715. The van der Waals surface area contributed by atoms with Gasteiger partial charge in [0.2, 0.25) is 4.96 Å². The van der Waals surface area contributed by atoms with Crippen LogP contribution in [0.1, 0.15) is 16.4 Å². The predicted molar refractivity (Wildman–Crippen MR) is 95.1 cm³/mol. The molecule has 3 heterocycles. The van der Waals surface area contributed by atoms with Crippen LogP contribution in [0.15, 0.2) is 24.3 Å². The van der Waals surface area contributed by atoms with Crippen LogP contribution in [-0.2, 0) is 11.3 Å². The van der Waals surface area contributed by atoms with Crippen molar-refractivity contribution in [3.05, 3.63) is 45.7 Å². The van der Waals surface area contributed by atoms with Crippen molar-refractivity contribution >= 4 is 40.1 Å². The van der Waals surface area contributed by atoms with E-state index in [0.717, 1.165) is 59.2 Å². The molecular weight excluding hydrogens is 346 g/mol. The average Bonchev–Trinajstić information content (AvgIpc) is 3.17. The van der Waals surface area contributed by atoms with E-state index in [4.69, 9.17) is 16.3 Å². The van der Waals surface area contributed by atoms with E-state index in [9.17, 15) is 0 Å². The summed E-state index contributed by atoms with van der Waals surface area (Å²) in [5, 5.41) is 14.7. The third-order valence-corrected chi connectivity index (χ3v) is 5.06. The first-order valence-corrected chi connectivity index (χ1v) is 8.93. The van der Waals surface area contributed by atoms with Gasteiger partial charge in [-0.1, -0.05) is 47.2 Å². The molecule has 8 heteroatoms. The third kappa shape index (κ3) is 3.34. The van der Waals surface area contributed by atoms with Crippen molar-refractivity contribution in [3.8, 4) is 0 Å². The molecule has 0 N–H and O–H groups in total. The lowest BCUT2D eigenvalue weighted by atomic mass is 10.2. The van der Waals surface area contributed by atoms with E-state index in [1.54, 1.807) is 0 Å². The summed E-state index contributed by atoms with van der Waals surface area (Å²) in [5.41, 5.74) is 0.971. The topological polar surface area (TPSA) is 55.5 Å². The molecule has 0 spiro atoms. The Balaban J connectivity index is 1.54. The van der Waals surface area contributed by atoms with E-state index < -0.39 is 0 Å². The number of benzene rings is 1. The first-order valence-electron chi connectivity index (χ1n) is 7.73. The monoisotopic (exact) mass is 361 g/mol. The Morgan fingerprint density at radius 1 is 1.17 bits per heavy atom. The van der Waals surface area contributed by atoms with Crippen molar-refractivity contribution in [2.24, 2.45) is 0 Å². The van der Waals surface area contributed by atoms with Gasteiger partial charge in [-0.05, 0) is 17.7 Å². The summed E-state index contributed by atoms with van der Waals surface area (Å²) in [4.78, 5) is 3.11. The largest absolute Gasteiger partial charge is 0.379 e. The molecule has 1 aliphatic rings. The van der Waals surface area contributed by atoms with E-state index in [0.29, 0.717) is 0 Å². The minimum atomic E-state index is 0.727. The minimum absolute atomic E-state index is 0.727. The Kier molecular flexibility index (Phi) is 4.57. The van der Waals surface area contributed by atoms with Gasteiger partial charge in [0.1, 0.15) is 5.01 Å².